The first-order valence-corrected chi connectivity index (χ1v) is 6.94. The van der Waals surface area contributed by atoms with E-state index in [1.807, 2.05) is 38.1 Å². The van der Waals surface area contributed by atoms with Gasteiger partial charge in [-0.05, 0) is 41.9 Å². The molecule has 0 aromatic heterocycles. The second-order valence-electron chi connectivity index (χ2n) is 5.32. The average Bonchev–Trinajstić information content (AvgIpc) is 2.34. The van der Waals surface area contributed by atoms with E-state index >= 15 is 0 Å². The Morgan fingerprint density at radius 3 is 2.84 bits per heavy atom. The van der Waals surface area contributed by atoms with Crippen molar-refractivity contribution in [3.8, 4) is 6.07 Å². The number of hydrogen-bond acceptors (Lipinski definition) is 3. The number of halogens is 1. The number of anilines is 1. The molecular weight excluding hydrogens is 306 g/mol. The zero-order valence-electron chi connectivity index (χ0n) is 11.0. The second kappa shape index (κ2) is 5.32. The molecule has 0 spiro atoms. The Morgan fingerprint density at radius 1 is 1.53 bits per heavy atom. The Bertz CT molecular complexity index is 536. The lowest BCUT2D eigenvalue weighted by Gasteiger charge is -2.42. The fraction of sp³-hybridized carbons (Fsp3) is 0.429. The number of carbonyl (C=O) groups excluding carboxylic acids is 1. The van der Waals surface area contributed by atoms with Gasteiger partial charge in [-0.1, -0.05) is 12.1 Å². The van der Waals surface area contributed by atoms with Gasteiger partial charge < -0.3 is 4.90 Å². The van der Waals surface area contributed by atoms with Crippen LogP contribution < -0.4 is 10.2 Å². The van der Waals surface area contributed by atoms with Crippen molar-refractivity contribution in [2.75, 3.05) is 11.4 Å². The van der Waals surface area contributed by atoms with E-state index in [1.165, 1.54) is 0 Å². The number of carbonyl (C=O) groups is 1. The minimum Gasteiger partial charge on any atom is -0.308 e. The average molecular weight is 322 g/mol. The fourth-order valence-electron chi connectivity index (χ4n) is 2.34. The molecule has 1 N–H and O–H groups in total. The molecule has 1 heterocycles. The van der Waals surface area contributed by atoms with E-state index in [0.29, 0.717) is 6.54 Å². The van der Waals surface area contributed by atoms with Gasteiger partial charge in [0.05, 0.1) is 18.2 Å². The van der Waals surface area contributed by atoms with Gasteiger partial charge >= 0.3 is 0 Å². The van der Waals surface area contributed by atoms with Crippen molar-refractivity contribution in [3.05, 3.63) is 28.7 Å². The number of benzene rings is 1. The summed E-state index contributed by atoms with van der Waals surface area (Å²) in [6, 6.07) is 9.27. The summed E-state index contributed by atoms with van der Waals surface area (Å²) in [5, 5.41) is 12.1. The van der Waals surface area contributed by atoms with Crippen molar-refractivity contribution in [2.24, 2.45) is 0 Å². The van der Waals surface area contributed by atoms with Gasteiger partial charge in [-0.15, -0.1) is 0 Å². The summed E-state index contributed by atoms with van der Waals surface area (Å²) < 4.78 is 0.886. The predicted molar refractivity (Wildman–Crippen MR) is 77.7 cm³/mol. The molecule has 4 nitrogen and oxygen atoms in total. The van der Waals surface area contributed by atoms with Crippen LogP contribution in [0.15, 0.2) is 28.7 Å². The molecule has 100 valence electrons. The number of nitrogens with one attached hydrogen (secondary N) is 1. The molecule has 1 saturated heterocycles. The first-order valence-electron chi connectivity index (χ1n) is 6.15. The van der Waals surface area contributed by atoms with Crippen LogP contribution in [0.3, 0.4) is 0 Å². The summed E-state index contributed by atoms with van der Waals surface area (Å²) in [6.07, 6.45) is 0.184. The van der Waals surface area contributed by atoms with Gasteiger partial charge in [0.1, 0.15) is 6.04 Å². The molecule has 19 heavy (non-hydrogen) atoms. The third kappa shape index (κ3) is 2.96. The number of para-hydroxylation sites is 1. The lowest BCUT2D eigenvalue weighted by Crippen LogP contribution is -2.65. The summed E-state index contributed by atoms with van der Waals surface area (Å²) in [5.74, 6) is -0.0484. The lowest BCUT2D eigenvalue weighted by atomic mass is 9.96. The van der Waals surface area contributed by atoms with Crippen LogP contribution in [-0.4, -0.2) is 24.0 Å². The monoisotopic (exact) mass is 321 g/mol. The Labute approximate surface area is 121 Å². The van der Waals surface area contributed by atoms with Crippen molar-refractivity contribution in [1.29, 1.82) is 5.26 Å². The standard InChI is InChI=1S/C14H16BrN3O/c1-14(2)9-18(12-6-4-3-5-10(12)15)13(19)11(17-14)7-8-16/h3-6,11,17H,7,9H2,1-2H3. The van der Waals surface area contributed by atoms with Gasteiger partial charge in [0.2, 0.25) is 5.91 Å². The first-order chi connectivity index (χ1) is 8.94. The number of nitriles is 1. The van der Waals surface area contributed by atoms with Crippen molar-refractivity contribution < 1.29 is 4.79 Å². The minimum absolute atomic E-state index is 0.0484. The zero-order valence-corrected chi connectivity index (χ0v) is 12.6. The van der Waals surface area contributed by atoms with E-state index in [9.17, 15) is 4.79 Å². The van der Waals surface area contributed by atoms with Crippen LogP contribution in [0.1, 0.15) is 20.3 Å². The number of nitrogens with zero attached hydrogens (tertiary/aromatic N) is 2. The Balaban J connectivity index is 2.36. The van der Waals surface area contributed by atoms with Gasteiger partial charge in [0, 0.05) is 16.6 Å². The molecule has 0 saturated carbocycles. The number of rotatable bonds is 2. The van der Waals surface area contributed by atoms with E-state index in [-0.39, 0.29) is 17.9 Å². The molecule has 1 aromatic carbocycles. The van der Waals surface area contributed by atoms with Crippen LogP contribution in [0.4, 0.5) is 5.69 Å². The van der Waals surface area contributed by atoms with Gasteiger partial charge in [-0.2, -0.15) is 5.26 Å². The highest BCUT2D eigenvalue weighted by Gasteiger charge is 2.38. The van der Waals surface area contributed by atoms with E-state index < -0.39 is 6.04 Å². The number of hydrogen-bond donors (Lipinski definition) is 1. The maximum absolute atomic E-state index is 12.4. The van der Waals surface area contributed by atoms with Gasteiger partial charge in [0.15, 0.2) is 0 Å². The SMILES string of the molecule is CC1(C)CN(c2ccccc2Br)C(=O)C(CC#N)N1. The van der Waals surface area contributed by atoms with E-state index in [1.54, 1.807) is 4.90 Å². The van der Waals surface area contributed by atoms with Crippen molar-refractivity contribution in [3.63, 3.8) is 0 Å². The number of amides is 1. The Kier molecular flexibility index (Phi) is 3.93. The van der Waals surface area contributed by atoms with E-state index in [2.05, 4.69) is 27.3 Å². The summed E-state index contributed by atoms with van der Waals surface area (Å²) >= 11 is 3.48. The van der Waals surface area contributed by atoms with Gasteiger partial charge in [-0.25, -0.2) is 0 Å². The normalized spacial score (nSPS) is 22.1. The largest absolute Gasteiger partial charge is 0.308 e. The van der Waals surface area contributed by atoms with Crippen LogP contribution >= 0.6 is 15.9 Å². The predicted octanol–water partition coefficient (Wildman–Crippen LogP) is 2.45. The summed E-state index contributed by atoms with van der Waals surface area (Å²) in [4.78, 5) is 14.2. The van der Waals surface area contributed by atoms with E-state index in [4.69, 9.17) is 5.26 Å². The van der Waals surface area contributed by atoms with Crippen LogP contribution in [-0.2, 0) is 4.79 Å². The maximum Gasteiger partial charge on any atom is 0.245 e. The van der Waals surface area contributed by atoms with Crippen LogP contribution in [0, 0.1) is 11.3 Å². The van der Waals surface area contributed by atoms with Crippen molar-refractivity contribution in [1.82, 2.24) is 5.32 Å². The minimum atomic E-state index is -0.444. The van der Waals surface area contributed by atoms with Gasteiger partial charge in [0.25, 0.3) is 0 Å². The summed E-state index contributed by atoms with van der Waals surface area (Å²) in [6.45, 7) is 4.65. The van der Waals surface area contributed by atoms with Crippen LogP contribution in [0.5, 0.6) is 0 Å². The first kappa shape index (κ1) is 14.0. The molecule has 1 unspecified atom stereocenters. The molecule has 0 aliphatic carbocycles. The molecule has 1 aliphatic heterocycles. The molecule has 1 aromatic rings. The highest BCUT2D eigenvalue weighted by Crippen LogP contribution is 2.30. The lowest BCUT2D eigenvalue weighted by molar-refractivity contribution is -0.122. The molecule has 0 radical (unpaired) electrons. The molecular formula is C14H16BrN3O. The van der Waals surface area contributed by atoms with Gasteiger partial charge in [-0.3, -0.25) is 10.1 Å². The molecule has 1 aliphatic rings. The quantitative estimate of drug-likeness (QED) is 0.910. The smallest absolute Gasteiger partial charge is 0.245 e. The molecule has 2 rings (SSSR count). The maximum atomic E-state index is 12.4. The third-order valence-electron chi connectivity index (χ3n) is 3.12. The Hall–Kier alpha value is -1.38. The summed E-state index contributed by atoms with van der Waals surface area (Å²) in [7, 11) is 0. The number of piperazine rings is 1. The van der Waals surface area contributed by atoms with Crippen LogP contribution in [0.25, 0.3) is 0 Å². The van der Waals surface area contributed by atoms with Crippen LogP contribution in [0.2, 0.25) is 0 Å². The molecule has 1 fully saturated rings. The molecule has 1 atom stereocenters. The van der Waals surface area contributed by atoms with Crippen molar-refractivity contribution >= 4 is 27.5 Å². The topological polar surface area (TPSA) is 56.1 Å². The van der Waals surface area contributed by atoms with E-state index in [0.717, 1.165) is 10.2 Å². The molecule has 1 amide bonds. The Morgan fingerprint density at radius 2 is 2.21 bits per heavy atom. The third-order valence-corrected chi connectivity index (χ3v) is 3.79. The molecule has 0 bridgehead atoms. The summed E-state index contributed by atoms with van der Waals surface area (Å²) in [5.41, 5.74) is 0.634. The highest BCUT2D eigenvalue weighted by atomic mass is 79.9. The highest BCUT2D eigenvalue weighted by molar-refractivity contribution is 9.10. The zero-order chi connectivity index (χ0) is 14.0. The molecule has 5 heteroatoms. The fourth-order valence-corrected chi connectivity index (χ4v) is 2.84. The second-order valence-corrected chi connectivity index (χ2v) is 6.17. The van der Waals surface area contributed by atoms with Crippen molar-refractivity contribution in [2.45, 2.75) is 31.8 Å².